The topological polar surface area (TPSA) is 95.6 Å². The van der Waals surface area contributed by atoms with Crippen molar-refractivity contribution in [1.29, 1.82) is 0 Å². The molecule has 0 aliphatic rings. The molecule has 0 aliphatic carbocycles. The molecule has 1 atom stereocenters. The molecule has 0 unspecified atom stereocenters. The van der Waals surface area contributed by atoms with Crippen LogP contribution in [0.25, 0.3) is 0 Å². The Balaban J connectivity index is 0.00000288. The number of hydrogen-bond donors (Lipinski definition) is 2. The smallest absolute Gasteiger partial charge is 0.872 e. The molecule has 2 aromatic rings. The summed E-state index contributed by atoms with van der Waals surface area (Å²) in [7, 11) is 0. The predicted molar refractivity (Wildman–Crippen MR) is 110 cm³/mol. The summed E-state index contributed by atoms with van der Waals surface area (Å²) in [5.41, 5.74) is 6.42. The number of hydrogen-bond acceptors (Lipinski definition) is 4. The van der Waals surface area contributed by atoms with Crippen molar-refractivity contribution in [2.24, 2.45) is 5.73 Å². The maximum atomic E-state index is 11.3. The van der Waals surface area contributed by atoms with Crippen molar-refractivity contribution in [1.82, 2.24) is 0 Å². The van der Waals surface area contributed by atoms with Crippen LogP contribution in [0.5, 0.6) is 17.2 Å². The number of carboxylic acid groups (broad SMARTS) is 1. The zero-order valence-electron chi connectivity index (χ0n) is 12.6. The Morgan fingerprint density at radius 1 is 1.17 bits per heavy atom. The zero-order chi connectivity index (χ0) is 17.1. The van der Waals surface area contributed by atoms with Crippen LogP contribution in [0.2, 0.25) is 0 Å². The molecule has 2 aromatic carbocycles. The van der Waals surface area contributed by atoms with Gasteiger partial charge in [0, 0.05) is 0 Å². The number of aliphatic carboxylic acids is 1. The van der Waals surface area contributed by atoms with E-state index in [0.29, 0.717) is 11.5 Å². The molecule has 9 heteroatoms. The number of carboxylic acids is 1. The molecule has 0 amide bonds. The molecular formula is C15H11I3NNaO4. The van der Waals surface area contributed by atoms with Crippen molar-refractivity contribution in [3.8, 4) is 17.2 Å². The molecule has 0 fully saturated rings. The summed E-state index contributed by atoms with van der Waals surface area (Å²) in [6, 6.07) is 7.39. The average molecular weight is 673 g/mol. The molecule has 0 spiro atoms. The van der Waals surface area contributed by atoms with E-state index in [4.69, 9.17) is 15.6 Å². The van der Waals surface area contributed by atoms with Gasteiger partial charge in [0.05, 0.1) is 10.7 Å². The number of ether oxygens (including phenoxy) is 1. The van der Waals surface area contributed by atoms with Gasteiger partial charge in [-0.1, -0.05) is 12.1 Å². The third-order valence-electron chi connectivity index (χ3n) is 2.95. The standard InChI is InChI=1S/C15H12I3NO4.Na/c16-9-6-8(20)1-2-13(9)23-14-10(17)3-7(4-11(14)18)5-12(19)15(21)22;/h1-4,6,12,20H,5,19H2,(H,21,22);/q;+1/p-1/t12-;/m1./s1. The fourth-order valence-electron chi connectivity index (χ4n) is 1.84. The minimum absolute atomic E-state index is 0. The van der Waals surface area contributed by atoms with E-state index in [1.54, 1.807) is 6.07 Å². The molecule has 24 heavy (non-hydrogen) atoms. The maximum absolute atomic E-state index is 11.3. The van der Waals surface area contributed by atoms with Gasteiger partial charge in [0.1, 0.15) is 11.8 Å². The first kappa shape index (κ1) is 22.7. The number of benzene rings is 2. The summed E-state index contributed by atoms with van der Waals surface area (Å²) in [6.45, 7) is 0. The normalized spacial score (nSPS) is 11.5. The van der Waals surface area contributed by atoms with Gasteiger partial charge in [-0.05, 0) is 98.0 Å². The molecule has 0 radical (unpaired) electrons. The average Bonchev–Trinajstić information content (AvgIpc) is 2.44. The molecule has 5 nitrogen and oxygen atoms in total. The maximum Gasteiger partial charge on any atom is 1.00 e. The summed E-state index contributed by atoms with van der Waals surface area (Å²) in [5, 5.41) is 20.2. The molecule has 0 bridgehead atoms. The summed E-state index contributed by atoms with van der Waals surface area (Å²) >= 11 is 6.33. The monoisotopic (exact) mass is 673 g/mol. The van der Waals surface area contributed by atoms with Crippen LogP contribution in [0.4, 0.5) is 0 Å². The van der Waals surface area contributed by atoms with Gasteiger partial charge in [-0.3, -0.25) is 4.79 Å². The predicted octanol–water partition coefficient (Wildman–Crippen LogP) is 0.325. The Bertz CT molecular complexity index is 734. The van der Waals surface area contributed by atoms with Crippen LogP contribution in [0.15, 0.2) is 30.3 Å². The fraction of sp³-hybridized carbons (Fsp3) is 0.133. The van der Waals surface area contributed by atoms with E-state index in [2.05, 4.69) is 67.8 Å². The first-order valence-corrected chi connectivity index (χ1v) is 9.62. The van der Waals surface area contributed by atoms with Crippen molar-refractivity contribution in [3.63, 3.8) is 0 Å². The van der Waals surface area contributed by atoms with E-state index < -0.39 is 12.0 Å². The summed E-state index contributed by atoms with van der Waals surface area (Å²) in [5.74, 6) is 0.193. The van der Waals surface area contributed by atoms with Gasteiger partial charge < -0.3 is 20.7 Å². The van der Waals surface area contributed by atoms with Crippen LogP contribution < -0.4 is 45.1 Å². The number of halogens is 3. The Morgan fingerprint density at radius 2 is 1.75 bits per heavy atom. The molecule has 0 aliphatic heterocycles. The van der Waals surface area contributed by atoms with E-state index in [-0.39, 0.29) is 41.7 Å². The quantitative estimate of drug-likeness (QED) is 0.353. The van der Waals surface area contributed by atoms with Gasteiger partial charge in [0.2, 0.25) is 0 Å². The number of nitrogens with two attached hydrogens (primary N) is 1. The van der Waals surface area contributed by atoms with Gasteiger partial charge in [-0.2, -0.15) is 0 Å². The molecular weight excluding hydrogens is 662 g/mol. The van der Waals surface area contributed by atoms with Gasteiger partial charge in [-0.25, -0.2) is 0 Å². The molecule has 0 aromatic heterocycles. The van der Waals surface area contributed by atoms with Gasteiger partial charge in [-0.15, -0.1) is 5.75 Å². The number of rotatable bonds is 5. The Labute approximate surface area is 202 Å². The second-order valence-corrected chi connectivity index (χ2v) is 8.22. The minimum Gasteiger partial charge on any atom is -0.872 e. The van der Waals surface area contributed by atoms with E-state index in [1.165, 1.54) is 12.1 Å². The summed E-state index contributed by atoms with van der Waals surface area (Å²) in [6.07, 6.45) is 0.254. The molecule has 3 N–H and O–H groups in total. The summed E-state index contributed by atoms with van der Waals surface area (Å²) in [4.78, 5) is 10.9. The van der Waals surface area contributed by atoms with Crippen molar-refractivity contribution >= 4 is 73.7 Å². The zero-order valence-corrected chi connectivity index (χ0v) is 21.0. The van der Waals surface area contributed by atoms with E-state index >= 15 is 0 Å². The summed E-state index contributed by atoms with van der Waals surface area (Å²) < 4.78 is 8.36. The molecule has 0 saturated heterocycles. The van der Waals surface area contributed by atoms with Crippen LogP contribution >= 0.6 is 67.8 Å². The van der Waals surface area contributed by atoms with Crippen LogP contribution in [0.3, 0.4) is 0 Å². The van der Waals surface area contributed by atoms with Gasteiger partial charge in [0.15, 0.2) is 5.75 Å². The Hall–Kier alpha value is 0.660. The number of carbonyl (C=O) groups is 1. The van der Waals surface area contributed by atoms with Crippen LogP contribution in [-0.4, -0.2) is 17.1 Å². The Kier molecular flexibility index (Phi) is 9.57. The Morgan fingerprint density at radius 3 is 2.25 bits per heavy atom. The first-order chi connectivity index (χ1) is 10.8. The first-order valence-electron chi connectivity index (χ1n) is 6.38. The van der Waals surface area contributed by atoms with Crippen molar-refractivity contribution in [2.45, 2.75) is 12.5 Å². The second-order valence-electron chi connectivity index (χ2n) is 4.73. The van der Waals surface area contributed by atoms with Crippen LogP contribution in [0.1, 0.15) is 5.56 Å². The second kappa shape index (κ2) is 10.1. The fourth-order valence-corrected chi connectivity index (χ4v) is 4.56. The SMILES string of the molecule is N[C@H](Cc1cc(I)c(Oc2ccc([O-])cc2I)c(I)c1)C(=O)O.[Na+]. The van der Waals surface area contributed by atoms with E-state index in [0.717, 1.165) is 16.3 Å². The van der Waals surface area contributed by atoms with Crippen LogP contribution in [0, 0.1) is 10.7 Å². The third kappa shape index (κ3) is 6.13. The molecule has 0 heterocycles. The van der Waals surface area contributed by atoms with Crippen molar-refractivity contribution in [2.75, 3.05) is 0 Å². The van der Waals surface area contributed by atoms with Gasteiger partial charge in [0.25, 0.3) is 0 Å². The van der Waals surface area contributed by atoms with E-state index in [9.17, 15) is 9.90 Å². The molecule has 0 saturated carbocycles. The van der Waals surface area contributed by atoms with Crippen LogP contribution in [-0.2, 0) is 11.2 Å². The third-order valence-corrected chi connectivity index (χ3v) is 5.39. The molecule has 122 valence electrons. The van der Waals surface area contributed by atoms with Crippen molar-refractivity contribution < 1.29 is 49.3 Å². The minimum atomic E-state index is -1.03. The largest absolute Gasteiger partial charge is 1.00 e. The van der Waals surface area contributed by atoms with E-state index in [1.807, 2.05) is 12.1 Å². The molecule has 2 rings (SSSR count). The van der Waals surface area contributed by atoms with Gasteiger partial charge >= 0.3 is 35.5 Å². The van der Waals surface area contributed by atoms with Crippen molar-refractivity contribution in [3.05, 3.63) is 46.6 Å².